The van der Waals surface area contributed by atoms with Crippen molar-refractivity contribution in [1.29, 1.82) is 0 Å². The minimum atomic E-state index is -0.278. The van der Waals surface area contributed by atoms with Gasteiger partial charge in [0.2, 0.25) is 0 Å². The van der Waals surface area contributed by atoms with E-state index in [1.165, 1.54) is 0 Å². The lowest BCUT2D eigenvalue weighted by atomic mass is 10.1. The van der Waals surface area contributed by atoms with E-state index >= 15 is 0 Å². The van der Waals surface area contributed by atoms with Crippen LogP contribution in [0.2, 0.25) is 0 Å². The van der Waals surface area contributed by atoms with E-state index in [1.54, 1.807) is 6.92 Å². The molecule has 4 N–H and O–H groups in total. The molecular weight excluding hydrogens is 106 g/mol. The van der Waals surface area contributed by atoms with Gasteiger partial charge in [-0.15, -0.1) is 0 Å². The van der Waals surface area contributed by atoms with Crippen molar-refractivity contribution >= 4 is 0 Å². The predicted octanol–water partition coefficient (Wildman–Crippen LogP) is -1.07. The molecule has 0 aromatic rings. The monoisotopic (exact) mass is 119 g/mol. The average molecular weight is 119 g/mol. The lowest BCUT2D eigenvalue weighted by molar-refractivity contribution is 0.171. The van der Waals surface area contributed by atoms with Crippen LogP contribution in [0, 0.1) is 5.92 Å². The summed E-state index contributed by atoms with van der Waals surface area (Å²) in [5.41, 5.74) is 5.32. The Morgan fingerprint density at radius 3 is 2.00 bits per heavy atom. The molecule has 0 saturated carbocycles. The minimum absolute atomic E-state index is 0.000000000000000444. The molecule has 3 nitrogen and oxygen atoms in total. The van der Waals surface area contributed by atoms with Crippen molar-refractivity contribution in [3.63, 3.8) is 0 Å². The fraction of sp³-hybridized carbons (Fsp3) is 1.00. The second-order valence-corrected chi connectivity index (χ2v) is 2.01. The molecule has 0 aromatic heterocycles. The molecule has 0 unspecified atom stereocenters. The highest BCUT2D eigenvalue weighted by atomic mass is 16.3. The van der Waals surface area contributed by atoms with Crippen molar-refractivity contribution in [1.82, 2.24) is 0 Å². The van der Waals surface area contributed by atoms with Crippen molar-refractivity contribution in [3.05, 3.63) is 0 Å². The zero-order valence-corrected chi connectivity index (χ0v) is 5.04. The number of hydrogen-bond donors (Lipinski definition) is 3. The fourth-order valence-electron chi connectivity index (χ4n) is 0.315. The van der Waals surface area contributed by atoms with Gasteiger partial charge in [0.05, 0.1) is 6.61 Å². The largest absolute Gasteiger partial charge is 0.396 e. The van der Waals surface area contributed by atoms with Crippen molar-refractivity contribution < 1.29 is 10.2 Å². The molecule has 0 heterocycles. The molecular formula is C5H13NO2. The maximum Gasteiger partial charge on any atom is 0.0586 e. The van der Waals surface area contributed by atoms with Crippen LogP contribution in [-0.4, -0.2) is 29.5 Å². The SMILES string of the molecule is C[C@H](CO)[C@@H](N)CO. The van der Waals surface area contributed by atoms with Crippen LogP contribution in [0.15, 0.2) is 0 Å². The van der Waals surface area contributed by atoms with Gasteiger partial charge in [-0.3, -0.25) is 0 Å². The first kappa shape index (κ1) is 7.88. The Balaban J connectivity index is 3.29. The molecule has 0 rings (SSSR count). The van der Waals surface area contributed by atoms with Gasteiger partial charge in [-0.1, -0.05) is 6.92 Å². The quantitative estimate of drug-likeness (QED) is 0.443. The molecule has 0 amide bonds. The van der Waals surface area contributed by atoms with Gasteiger partial charge in [-0.05, 0) is 5.92 Å². The topological polar surface area (TPSA) is 66.5 Å². The van der Waals surface area contributed by atoms with E-state index in [9.17, 15) is 0 Å². The summed E-state index contributed by atoms with van der Waals surface area (Å²) in [4.78, 5) is 0. The second-order valence-electron chi connectivity index (χ2n) is 2.01. The second kappa shape index (κ2) is 3.83. The molecule has 0 aliphatic heterocycles. The molecule has 0 fully saturated rings. The molecule has 0 bridgehead atoms. The summed E-state index contributed by atoms with van der Waals surface area (Å²) in [5, 5.41) is 16.8. The van der Waals surface area contributed by atoms with E-state index in [0.29, 0.717) is 0 Å². The van der Waals surface area contributed by atoms with Gasteiger partial charge >= 0.3 is 0 Å². The van der Waals surface area contributed by atoms with Gasteiger partial charge in [0, 0.05) is 12.6 Å². The van der Waals surface area contributed by atoms with Crippen LogP contribution in [-0.2, 0) is 0 Å². The molecule has 0 radical (unpaired) electrons. The summed E-state index contributed by atoms with van der Waals surface area (Å²) in [6, 6.07) is -0.278. The number of aliphatic hydroxyl groups is 2. The van der Waals surface area contributed by atoms with Gasteiger partial charge in [-0.25, -0.2) is 0 Å². The standard InChI is InChI=1S/C5H13NO2/c1-4(2-7)5(6)3-8/h4-5,7-8H,2-3,6H2,1H3/t4-,5+/m1/s1. The summed E-state index contributed by atoms with van der Waals surface area (Å²) >= 11 is 0. The van der Waals surface area contributed by atoms with Crippen molar-refractivity contribution in [2.75, 3.05) is 13.2 Å². The van der Waals surface area contributed by atoms with Crippen molar-refractivity contribution in [2.24, 2.45) is 11.7 Å². The van der Waals surface area contributed by atoms with E-state index in [-0.39, 0.29) is 25.2 Å². The highest BCUT2D eigenvalue weighted by molar-refractivity contribution is 4.65. The summed E-state index contributed by atoms with van der Waals surface area (Å²) in [6.45, 7) is 1.78. The zero-order chi connectivity index (χ0) is 6.57. The van der Waals surface area contributed by atoms with Crippen LogP contribution in [0.25, 0.3) is 0 Å². The molecule has 0 saturated heterocycles. The Morgan fingerprint density at radius 1 is 1.38 bits per heavy atom. The highest BCUT2D eigenvalue weighted by Gasteiger charge is 2.08. The fourth-order valence-corrected chi connectivity index (χ4v) is 0.315. The third kappa shape index (κ3) is 2.26. The van der Waals surface area contributed by atoms with Crippen LogP contribution < -0.4 is 5.73 Å². The molecule has 0 aliphatic carbocycles. The van der Waals surface area contributed by atoms with E-state index in [4.69, 9.17) is 15.9 Å². The first-order chi connectivity index (χ1) is 3.72. The third-order valence-corrected chi connectivity index (χ3v) is 1.23. The van der Waals surface area contributed by atoms with Gasteiger partial charge in [0.1, 0.15) is 0 Å². The van der Waals surface area contributed by atoms with E-state index in [1.807, 2.05) is 0 Å². The molecule has 50 valence electrons. The Labute approximate surface area is 49.1 Å². The Morgan fingerprint density at radius 2 is 1.88 bits per heavy atom. The zero-order valence-electron chi connectivity index (χ0n) is 5.04. The highest BCUT2D eigenvalue weighted by Crippen LogP contribution is 1.95. The predicted molar refractivity (Wildman–Crippen MR) is 31.3 cm³/mol. The van der Waals surface area contributed by atoms with Crippen molar-refractivity contribution in [3.8, 4) is 0 Å². The third-order valence-electron chi connectivity index (χ3n) is 1.23. The molecule has 0 aliphatic rings. The summed E-state index contributed by atoms with van der Waals surface area (Å²) in [7, 11) is 0. The maximum atomic E-state index is 8.45. The lowest BCUT2D eigenvalue weighted by Crippen LogP contribution is -2.33. The molecule has 0 spiro atoms. The number of rotatable bonds is 3. The molecule has 8 heavy (non-hydrogen) atoms. The van der Waals surface area contributed by atoms with Crippen LogP contribution in [0.3, 0.4) is 0 Å². The maximum absolute atomic E-state index is 8.45. The Hall–Kier alpha value is -0.120. The number of aliphatic hydroxyl groups excluding tert-OH is 2. The van der Waals surface area contributed by atoms with Crippen LogP contribution in [0.1, 0.15) is 6.92 Å². The van der Waals surface area contributed by atoms with Crippen LogP contribution in [0.4, 0.5) is 0 Å². The molecule has 3 heteroatoms. The van der Waals surface area contributed by atoms with Crippen LogP contribution >= 0.6 is 0 Å². The first-order valence-corrected chi connectivity index (χ1v) is 2.69. The summed E-state index contributed by atoms with van der Waals surface area (Å²) in [5.74, 6) is -0.000000000000000444. The summed E-state index contributed by atoms with van der Waals surface area (Å²) < 4.78 is 0. The Kier molecular flexibility index (Phi) is 3.77. The Bertz CT molecular complexity index is 50.4. The smallest absolute Gasteiger partial charge is 0.0586 e. The van der Waals surface area contributed by atoms with Crippen LogP contribution in [0.5, 0.6) is 0 Å². The van der Waals surface area contributed by atoms with Gasteiger partial charge in [0.25, 0.3) is 0 Å². The normalized spacial score (nSPS) is 18.0. The number of nitrogens with two attached hydrogens (primary N) is 1. The first-order valence-electron chi connectivity index (χ1n) is 2.69. The minimum Gasteiger partial charge on any atom is -0.396 e. The van der Waals surface area contributed by atoms with Crippen molar-refractivity contribution in [2.45, 2.75) is 13.0 Å². The van der Waals surface area contributed by atoms with E-state index in [2.05, 4.69) is 0 Å². The van der Waals surface area contributed by atoms with Gasteiger partial charge in [-0.2, -0.15) is 0 Å². The average Bonchev–Trinajstić information content (AvgIpc) is 1.84. The van der Waals surface area contributed by atoms with E-state index < -0.39 is 0 Å². The summed E-state index contributed by atoms with van der Waals surface area (Å²) in [6.07, 6.45) is 0. The van der Waals surface area contributed by atoms with Gasteiger partial charge < -0.3 is 15.9 Å². The number of hydrogen-bond acceptors (Lipinski definition) is 3. The van der Waals surface area contributed by atoms with Gasteiger partial charge in [0.15, 0.2) is 0 Å². The van der Waals surface area contributed by atoms with E-state index in [0.717, 1.165) is 0 Å². The lowest BCUT2D eigenvalue weighted by Gasteiger charge is -2.13. The molecule has 2 atom stereocenters. The molecule has 0 aromatic carbocycles.